The molecule has 0 unspecified atom stereocenters. The fourth-order valence-corrected chi connectivity index (χ4v) is 3.06. The number of pyridine rings is 1. The van der Waals surface area contributed by atoms with E-state index in [9.17, 15) is 0 Å². The minimum Gasteiger partial charge on any atom is -0.372 e. The number of hydrogen-bond donors (Lipinski definition) is 1. The normalized spacial score (nSPS) is 11.0. The Morgan fingerprint density at radius 1 is 1.29 bits per heavy atom. The monoisotopic (exact) mass is 436 g/mol. The minimum atomic E-state index is 0.446. The van der Waals surface area contributed by atoms with Crippen molar-refractivity contribution < 1.29 is 0 Å². The molecule has 0 amide bonds. The van der Waals surface area contributed by atoms with E-state index in [1.807, 2.05) is 7.05 Å². The van der Waals surface area contributed by atoms with Gasteiger partial charge in [-0.25, -0.2) is 15.0 Å². The molecule has 2 aromatic rings. The van der Waals surface area contributed by atoms with E-state index in [1.165, 1.54) is 0 Å². The first-order chi connectivity index (χ1) is 9.92. The van der Waals surface area contributed by atoms with Crippen molar-refractivity contribution in [2.24, 2.45) is 5.92 Å². The van der Waals surface area contributed by atoms with E-state index in [0.717, 1.165) is 21.5 Å². The van der Waals surface area contributed by atoms with Crippen LogP contribution in [0.25, 0.3) is 11.5 Å². The second-order valence-electron chi connectivity index (χ2n) is 4.99. The summed E-state index contributed by atoms with van der Waals surface area (Å²) in [5.41, 5.74) is 1.53. The van der Waals surface area contributed by atoms with Gasteiger partial charge in [0.2, 0.25) is 0 Å². The average molecular weight is 437 g/mol. The third-order valence-electron chi connectivity index (χ3n) is 2.78. The van der Waals surface area contributed by atoms with Gasteiger partial charge in [-0.15, -0.1) is 0 Å². The van der Waals surface area contributed by atoms with Crippen LogP contribution in [0.5, 0.6) is 0 Å². The average Bonchev–Trinajstić information content (AvgIpc) is 2.41. The van der Waals surface area contributed by atoms with Gasteiger partial charge < -0.3 is 5.32 Å². The Kier molecular flexibility index (Phi) is 5.62. The number of rotatable bonds is 4. The molecule has 0 spiro atoms. The summed E-state index contributed by atoms with van der Waals surface area (Å²) >= 11 is 14.4. The molecule has 7 heteroatoms. The Balaban J connectivity index is 2.58. The molecule has 0 bridgehead atoms. The van der Waals surface area contributed by atoms with Crippen molar-refractivity contribution >= 4 is 51.6 Å². The van der Waals surface area contributed by atoms with Gasteiger partial charge in [0.15, 0.2) is 5.82 Å². The van der Waals surface area contributed by atoms with Gasteiger partial charge in [0, 0.05) is 13.2 Å². The first-order valence-electron chi connectivity index (χ1n) is 6.48. The van der Waals surface area contributed by atoms with Crippen LogP contribution in [0.1, 0.15) is 19.5 Å². The predicted octanol–water partition coefficient (Wildman–Crippen LogP) is 4.69. The highest BCUT2D eigenvalue weighted by Gasteiger charge is 2.16. The molecule has 0 aromatic carbocycles. The Labute approximate surface area is 147 Å². The molecule has 112 valence electrons. The molecule has 0 aliphatic carbocycles. The molecule has 0 atom stereocenters. The molecule has 2 aromatic heterocycles. The molecule has 0 saturated carbocycles. The Bertz CT molecular complexity index is 662. The summed E-state index contributed by atoms with van der Waals surface area (Å²) in [6.45, 7) is 4.31. The maximum atomic E-state index is 6.21. The summed E-state index contributed by atoms with van der Waals surface area (Å²) < 4.78 is 1.03. The third kappa shape index (κ3) is 3.96. The van der Waals surface area contributed by atoms with Crippen LogP contribution in [0.15, 0.2) is 12.3 Å². The topological polar surface area (TPSA) is 50.7 Å². The molecular formula is C14H15Cl2IN4. The smallest absolute Gasteiger partial charge is 0.182 e. The zero-order valence-corrected chi connectivity index (χ0v) is 15.6. The van der Waals surface area contributed by atoms with Gasteiger partial charge in [-0.1, -0.05) is 37.0 Å². The van der Waals surface area contributed by atoms with Crippen LogP contribution in [0, 0.1) is 9.49 Å². The zero-order chi connectivity index (χ0) is 15.6. The second-order valence-corrected chi connectivity index (χ2v) is 6.91. The van der Waals surface area contributed by atoms with E-state index in [2.05, 4.69) is 56.7 Å². The van der Waals surface area contributed by atoms with E-state index in [1.54, 1.807) is 12.3 Å². The number of halogens is 3. The first-order valence-corrected chi connectivity index (χ1v) is 8.31. The summed E-state index contributed by atoms with van der Waals surface area (Å²) in [6.07, 6.45) is 2.42. The van der Waals surface area contributed by atoms with E-state index >= 15 is 0 Å². The molecule has 0 fully saturated rings. The molecule has 0 radical (unpaired) electrons. The quantitative estimate of drug-likeness (QED) is 0.706. The van der Waals surface area contributed by atoms with Crippen molar-refractivity contribution in [3.05, 3.63) is 31.6 Å². The molecule has 0 aliphatic heterocycles. The van der Waals surface area contributed by atoms with E-state index in [4.69, 9.17) is 23.2 Å². The van der Waals surface area contributed by atoms with E-state index in [-0.39, 0.29) is 0 Å². The van der Waals surface area contributed by atoms with Gasteiger partial charge in [0.05, 0.1) is 19.3 Å². The fourth-order valence-electron chi connectivity index (χ4n) is 1.87. The van der Waals surface area contributed by atoms with Crippen molar-refractivity contribution in [1.29, 1.82) is 0 Å². The molecule has 0 aliphatic rings. The van der Waals surface area contributed by atoms with Crippen LogP contribution in [-0.2, 0) is 6.42 Å². The van der Waals surface area contributed by atoms with Crippen LogP contribution in [0.3, 0.4) is 0 Å². The molecular weight excluding hydrogens is 422 g/mol. The molecule has 1 N–H and O–H groups in total. The van der Waals surface area contributed by atoms with Crippen LogP contribution in [-0.4, -0.2) is 22.0 Å². The standard InChI is InChI=1S/C14H15Cl2IN4/c1-7(2)4-10-11(17)13(18-3)21-14(20-10)12-9(16)5-8(15)6-19-12/h5-7H,4H2,1-3H3,(H,18,20,21). The van der Waals surface area contributed by atoms with Crippen molar-refractivity contribution in [2.75, 3.05) is 12.4 Å². The summed E-state index contributed by atoms with van der Waals surface area (Å²) in [5, 5.41) is 4.03. The van der Waals surface area contributed by atoms with Gasteiger partial charge in [-0.2, -0.15) is 0 Å². The predicted molar refractivity (Wildman–Crippen MR) is 96.1 cm³/mol. The molecule has 2 heterocycles. The lowest BCUT2D eigenvalue weighted by Gasteiger charge is -2.13. The lowest BCUT2D eigenvalue weighted by atomic mass is 10.1. The minimum absolute atomic E-state index is 0.446. The van der Waals surface area contributed by atoms with E-state index < -0.39 is 0 Å². The largest absolute Gasteiger partial charge is 0.372 e. The Morgan fingerprint density at radius 2 is 2.00 bits per heavy atom. The van der Waals surface area contributed by atoms with Gasteiger partial charge >= 0.3 is 0 Å². The lowest BCUT2D eigenvalue weighted by Crippen LogP contribution is -2.08. The number of nitrogens with zero attached hydrogens (tertiary/aromatic N) is 3. The molecule has 2 rings (SSSR count). The van der Waals surface area contributed by atoms with Crippen LogP contribution >= 0.6 is 45.8 Å². The third-order valence-corrected chi connectivity index (χ3v) is 4.41. The number of hydrogen-bond acceptors (Lipinski definition) is 4. The van der Waals surface area contributed by atoms with Crippen molar-refractivity contribution in [2.45, 2.75) is 20.3 Å². The van der Waals surface area contributed by atoms with Crippen LogP contribution in [0.4, 0.5) is 5.82 Å². The summed E-state index contributed by atoms with van der Waals surface area (Å²) in [5.74, 6) is 1.79. The SMILES string of the molecule is CNc1nc(-c2ncc(Cl)cc2Cl)nc(CC(C)C)c1I. The number of nitrogens with one attached hydrogen (secondary N) is 1. The summed E-state index contributed by atoms with van der Waals surface area (Å²) in [4.78, 5) is 13.4. The van der Waals surface area contributed by atoms with Gasteiger partial charge in [0.25, 0.3) is 0 Å². The highest BCUT2D eigenvalue weighted by atomic mass is 127. The first kappa shape index (κ1) is 16.7. The highest BCUT2D eigenvalue weighted by molar-refractivity contribution is 14.1. The van der Waals surface area contributed by atoms with Crippen molar-refractivity contribution in [1.82, 2.24) is 15.0 Å². The fraction of sp³-hybridized carbons (Fsp3) is 0.357. The number of anilines is 1. The van der Waals surface area contributed by atoms with Gasteiger partial charge in [-0.05, 0) is 41.0 Å². The van der Waals surface area contributed by atoms with Crippen molar-refractivity contribution in [3.63, 3.8) is 0 Å². The van der Waals surface area contributed by atoms with Gasteiger partial charge in [-0.3, -0.25) is 0 Å². The summed E-state index contributed by atoms with van der Waals surface area (Å²) in [7, 11) is 1.84. The Hall–Kier alpha value is -0.660. The lowest BCUT2D eigenvalue weighted by molar-refractivity contribution is 0.632. The second kappa shape index (κ2) is 7.07. The molecule has 0 saturated heterocycles. The summed E-state index contributed by atoms with van der Waals surface area (Å²) in [6, 6.07) is 1.65. The maximum Gasteiger partial charge on any atom is 0.182 e. The van der Waals surface area contributed by atoms with Crippen LogP contribution < -0.4 is 5.32 Å². The zero-order valence-electron chi connectivity index (χ0n) is 11.9. The molecule has 21 heavy (non-hydrogen) atoms. The van der Waals surface area contributed by atoms with Gasteiger partial charge in [0.1, 0.15) is 11.5 Å². The number of aromatic nitrogens is 3. The highest BCUT2D eigenvalue weighted by Crippen LogP contribution is 2.29. The van der Waals surface area contributed by atoms with Crippen molar-refractivity contribution in [3.8, 4) is 11.5 Å². The van der Waals surface area contributed by atoms with Crippen LogP contribution in [0.2, 0.25) is 10.0 Å². The van der Waals surface area contributed by atoms with E-state index in [0.29, 0.717) is 27.5 Å². The Morgan fingerprint density at radius 3 is 2.57 bits per heavy atom. The molecule has 4 nitrogen and oxygen atoms in total. The maximum absolute atomic E-state index is 6.21.